The summed E-state index contributed by atoms with van der Waals surface area (Å²) in [6.45, 7) is 0.0582. The van der Waals surface area contributed by atoms with Gasteiger partial charge in [-0.05, 0) is 29.3 Å². The average molecular weight is 333 g/mol. The van der Waals surface area contributed by atoms with Gasteiger partial charge >= 0.3 is 0 Å². The fourth-order valence-corrected chi connectivity index (χ4v) is 2.73. The van der Waals surface area contributed by atoms with Gasteiger partial charge in [-0.15, -0.1) is 0 Å². The maximum atomic E-state index is 11.4. The van der Waals surface area contributed by atoms with E-state index in [-0.39, 0.29) is 18.6 Å². The predicted molar refractivity (Wildman–Crippen MR) is 80.7 cm³/mol. The molecule has 0 saturated heterocycles. The molecule has 0 fully saturated rings. The normalized spacial score (nSPS) is 15.0. The van der Waals surface area contributed by atoms with Crippen LogP contribution in [-0.4, -0.2) is 12.5 Å². The van der Waals surface area contributed by atoms with E-state index in [0.29, 0.717) is 11.4 Å². The molecule has 3 N–H and O–H groups in total. The first-order valence-corrected chi connectivity index (χ1v) is 7.01. The summed E-state index contributed by atoms with van der Waals surface area (Å²) in [5.41, 5.74) is 8.88. The average Bonchev–Trinajstić information content (AvgIpc) is 2.46. The molecule has 1 heterocycles. The van der Waals surface area contributed by atoms with Crippen LogP contribution in [0.25, 0.3) is 0 Å². The van der Waals surface area contributed by atoms with Crippen molar-refractivity contribution in [2.45, 2.75) is 6.04 Å². The summed E-state index contributed by atoms with van der Waals surface area (Å²) >= 11 is 3.50. The summed E-state index contributed by atoms with van der Waals surface area (Å²) in [4.78, 5) is 11.4. The van der Waals surface area contributed by atoms with Crippen LogP contribution in [0.15, 0.2) is 46.9 Å². The second-order valence-corrected chi connectivity index (χ2v) is 5.45. The van der Waals surface area contributed by atoms with E-state index < -0.39 is 0 Å². The minimum Gasteiger partial charge on any atom is -0.482 e. The van der Waals surface area contributed by atoms with Crippen LogP contribution in [0.2, 0.25) is 0 Å². The molecule has 1 atom stereocenters. The third kappa shape index (κ3) is 2.42. The zero-order valence-corrected chi connectivity index (χ0v) is 12.2. The largest absolute Gasteiger partial charge is 0.482 e. The van der Waals surface area contributed by atoms with Gasteiger partial charge in [-0.1, -0.05) is 40.2 Å². The van der Waals surface area contributed by atoms with Crippen molar-refractivity contribution in [2.24, 2.45) is 5.73 Å². The molecule has 20 heavy (non-hydrogen) atoms. The Kier molecular flexibility index (Phi) is 3.46. The molecule has 5 heteroatoms. The predicted octanol–water partition coefficient (Wildman–Crippen LogP) is 2.83. The van der Waals surface area contributed by atoms with Gasteiger partial charge < -0.3 is 15.8 Å². The topological polar surface area (TPSA) is 64.3 Å². The van der Waals surface area contributed by atoms with E-state index in [2.05, 4.69) is 21.2 Å². The fraction of sp³-hybridized carbons (Fsp3) is 0.133. The van der Waals surface area contributed by atoms with Crippen LogP contribution in [0.5, 0.6) is 5.75 Å². The van der Waals surface area contributed by atoms with Crippen LogP contribution in [0.1, 0.15) is 17.2 Å². The van der Waals surface area contributed by atoms with E-state index in [1.807, 2.05) is 42.5 Å². The van der Waals surface area contributed by atoms with E-state index in [1.165, 1.54) is 0 Å². The molecule has 0 aromatic heterocycles. The molecule has 3 rings (SSSR count). The molecule has 2 aromatic rings. The summed E-state index contributed by atoms with van der Waals surface area (Å²) in [5.74, 6) is 0.525. The van der Waals surface area contributed by atoms with Crippen LogP contribution in [-0.2, 0) is 4.79 Å². The number of hydrogen-bond acceptors (Lipinski definition) is 3. The monoisotopic (exact) mass is 332 g/mol. The number of anilines is 1. The molecule has 1 aliphatic rings. The Morgan fingerprint density at radius 2 is 2.05 bits per heavy atom. The lowest BCUT2D eigenvalue weighted by Crippen LogP contribution is -2.25. The summed E-state index contributed by atoms with van der Waals surface area (Å²) in [6, 6.07) is 13.2. The molecular weight excluding hydrogens is 320 g/mol. The number of ether oxygens (including phenoxy) is 1. The number of carbonyl (C=O) groups excluding carboxylic acids is 1. The van der Waals surface area contributed by atoms with E-state index >= 15 is 0 Å². The van der Waals surface area contributed by atoms with Gasteiger partial charge in [0, 0.05) is 4.47 Å². The smallest absolute Gasteiger partial charge is 0.262 e. The number of carbonyl (C=O) groups is 1. The van der Waals surface area contributed by atoms with Crippen molar-refractivity contribution >= 4 is 27.5 Å². The molecule has 0 bridgehead atoms. The zero-order chi connectivity index (χ0) is 14.1. The van der Waals surface area contributed by atoms with Crippen molar-refractivity contribution in [3.8, 4) is 5.75 Å². The Bertz CT molecular complexity index is 673. The highest BCUT2D eigenvalue weighted by Crippen LogP contribution is 2.33. The standard InChI is InChI=1S/C15H13BrN2O2/c16-11-4-2-1-3-10(11)15(17)9-5-6-13-12(7-9)18-14(19)8-20-13/h1-7,15H,8,17H2,(H,18,19). The molecule has 1 amide bonds. The molecule has 1 unspecified atom stereocenters. The molecular formula is C15H13BrN2O2. The van der Waals surface area contributed by atoms with Crippen molar-refractivity contribution in [3.05, 3.63) is 58.1 Å². The van der Waals surface area contributed by atoms with Crippen LogP contribution in [0.4, 0.5) is 5.69 Å². The highest BCUT2D eigenvalue weighted by molar-refractivity contribution is 9.10. The van der Waals surface area contributed by atoms with Gasteiger partial charge in [-0.3, -0.25) is 4.79 Å². The molecule has 0 saturated carbocycles. The third-order valence-corrected chi connectivity index (χ3v) is 3.96. The number of hydrogen-bond donors (Lipinski definition) is 2. The van der Waals surface area contributed by atoms with Crippen molar-refractivity contribution in [1.82, 2.24) is 0 Å². The lowest BCUT2D eigenvalue weighted by atomic mass is 9.99. The Balaban J connectivity index is 1.97. The van der Waals surface area contributed by atoms with Crippen molar-refractivity contribution in [1.29, 1.82) is 0 Å². The SMILES string of the molecule is NC(c1ccc2c(c1)NC(=O)CO2)c1ccccc1Br. The first-order valence-electron chi connectivity index (χ1n) is 6.22. The molecule has 4 nitrogen and oxygen atoms in total. The summed E-state index contributed by atoms with van der Waals surface area (Å²) in [6.07, 6.45) is 0. The minimum absolute atomic E-state index is 0.0582. The number of nitrogens with two attached hydrogens (primary N) is 1. The van der Waals surface area contributed by atoms with Crippen LogP contribution < -0.4 is 15.8 Å². The number of nitrogens with one attached hydrogen (secondary N) is 1. The second kappa shape index (κ2) is 5.26. The van der Waals surface area contributed by atoms with Crippen molar-refractivity contribution in [3.63, 3.8) is 0 Å². The lowest BCUT2D eigenvalue weighted by Gasteiger charge is -2.21. The second-order valence-electron chi connectivity index (χ2n) is 4.59. The number of rotatable bonds is 2. The summed E-state index contributed by atoms with van der Waals surface area (Å²) < 4.78 is 6.30. The van der Waals surface area contributed by atoms with Crippen molar-refractivity contribution in [2.75, 3.05) is 11.9 Å². The maximum Gasteiger partial charge on any atom is 0.262 e. The van der Waals surface area contributed by atoms with E-state index in [1.54, 1.807) is 0 Å². The molecule has 0 radical (unpaired) electrons. The van der Waals surface area contributed by atoms with Gasteiger partial charge in [0.15, 0.2) is 6.61 Å². The molecule has 102 valence electrons. The Hall–Kier alpha value is -1.85. The number of benzene rings is 2. The van der Waals surface area contributed by atoms with Gasteiger partial charge in [0.1, 0.15) is 5.75 Å². The lowest BCUT2D eigenvalue weighted by molar-refractivity contribution is -0.118. The first-order chi connectivity index (χ1) is 9.65. The van der Waals surface area contributed by atoms with Gasteiger partial charge in [0.05, 0.1) is 11.7 Å². The minimum atomic E-state index is -0.269. The Morgan fingerprint density at radius 1 is 1.25 bits per heavy atom. The summed E-state index contributed by atoms with van der Waals surface area (Å²) in [7, 11) is 0. The van der Waals surface area contributed by atoms with E-state index in [4.69, 9.17) is 10.5 Å². The molecule has 2 aromatic carbocycles. The maximum absolute atomic E-state index is 11.4. The third-order valence-electron chi connectivity index (χ3n) is 3.24. The Morgan fingerprint density at radius 3 is 2.85 bits per heavy atom. The zero-order valence-electron chi connectivity index (χ0n) is 10.6. The highest BCUT2D eigenvalue weighted by Gasteiger charge is 2.19. The van der Waals surface area contributed by atoms with Crippen LogP contribution >= 0.6 is 15.9 Å². The quantitative estimate of drug-likeness (QED) is 0.888. The molecule has 1 aliphatic heterocycles. The van der Waals surface area contributed by atoms with Gasteiger partial charge in [0.2, 0.25) is 0 Å². The van der Waals surface area contributed by atoms with Crippen LogP contribution in [0, 0.1) is 0 Å². The van der Waals surface area contributed by atoms with Gasteiger partial charge in [0.25, 0.3) is 5.91 Å². The fourth-order valence-electron chi connectivity index (χ4n) is 2.20. The van der Waals surface area contributed by atoms with Gasteiger partial charge in [-0.25, -0.2) is 0 Å². The Labute approximate surface area is 125 Å². The summed E-state index contributed by atoms with van der Waals surface area (Å²) in [5, 5.41) is 2.79. The number of amides is 1. The molecule has 0 spiro atoms. The highest BCUT2D eigenvalue weighted by atomic mass is 79.9. The van der Waals surface area contributed by atoms with Crippen LogP contribution in [0.3, 0.4) is 0 Å². The molecule has 0 aliphatic carbocycles. The van der Waals surface area contributed by atoms with E-state index in [0.717, 1.165) is 15.6 Å². The number of fused-ring (bicyclic) bond motifs is 1. The first kappa shape index (κ1) is 13.1. The number of halogens is 1. The van der Waals surface area contributed by atoms with Crippen molar-refractivity contribution < 1.29 is 9.53 Å². The van der Waals surface area contributed by atoms with E-state index in [9.17, 15) is 4.79 Å². The van der Waals surface area contributed by atoms with Gasteiger partial charge in [-0.2, -0.15) is 0 Å².